The summed E-state index contributed by atoms with van der Waals surface area (Å²) >= 11 is 0. The Kier molecular flexibility index (Phi) is 13.4. The summed E-state index contributed by atoms with van der Waals surface area (Å²) in [6.07, 6.45) is 0. The van der Waals surface area contributed by atoms with Crippen molar-refractivity contribution in [2.24, 2.45) is 0 Å². The summed E-state index contributed by atoms with van der Waals surface area (Å²) in [5, 5.41) is 0. The first-order valence-corrected chi connectivity index (χ1v) is 24.9. The number of hydrogen-bond acceptors (Lipinski definition) is 4. The fourth-order valence-corrected chi connectivity index (χ4v) is 10.4. The van der Waals surface area contributed by atoms with Crippen LogP contribution in [0.25, 0.3) is 111 Å². The maximum Gasteiger partial charge on any atom is 0.118 e. The van der Waals surface area contributed by atoms with Gasteiger partial charge in [-0.25, -0.2) is 0 Å². The van der Waals surface area contributed by atoms with Gasteiger partial charge in [-0.15, -0.1) is 0 Å². The normalized spacial score (nSPS) is 11.0. The van der Waals surface area contributed by atoms with Crippen LogP contribution in [0.15, 0.2) is 255 Å². The molecule has 11 aromatic rings. The molecule has 0 N–H and O–H groups in total. The predicted molar refractivity (Wildman–Crippen MR) is 307 cm³/mol. The van der Waals surface area contributed by atoms with E-state index in [0.717, 1.165) is 134 Å². The first-order valence-electron chi connectivity index (χ1n) is 24.9. The minimum atomic E-state index is 0.800. The van der Waals surface area contributed by atoms with Gasteiger partial charge in [-0.3, -0.25) is 0 Å². The first-order chi connectivity index (χ1) is 36.5. The van der Waals surface area contributed by atoms with Crippen molar-refractivity contribution in [1.29, 1.82) is 0 Å². The second kappa shape index (κ2) is 21.1. The van der Waals surface area contributed by atoms with Crippen LogP contribution in [0.3, 0.4) is 0 Å². The topological polar surface area (TPSA) is 36.9 Å². The summed E-state index contributed by atoms with van der Waals surface area (Å²) < 4.78 is 22.8. The second-order valence-corrected chi connectivity index (χ2v) is 18.1. The fraction of sp³-hybridized carbons (Fsp3) is 0.0571. The van der Waals surface area contributed by atoms with Crippen LogP contribution in [0, 0.1) is 0 Å². The van der Waals surface area contributed by atoms with Gasteiger partial charge in [0.05, 0.1) is 28.4 Å². The van der Waals surface area contributed by atoms with E-state index in [1.165, 1.54) is 0 Å². The molecule has 0 fully saturated rings. The number of methoxy groups -OCH3 is 4. The lowest BCUT2D eigenvalue weighted by Crippen LogP contribution is -1.99. The van der Waals surface area contributed by atoms with E-state index >= 15 is 0 Å². The summed E-state index contributed by atoms with van der Waals surface area (Å²) in [6.45, 7) is 0. The molecule has 0 bridgehead atoms. The van der Waals surface area contributed by atoms with Crippen molar-refractivity contribution < 1.29 is 18.9 Å². The molecule has 0 amide bonds. The van der Waals surface area contributed by atoms with E-state index in [1.807, 2.05) is 24.3 Å². The van der Waals surface area contributed by atoms with Gasteiger partial charge < -0.3 is 18.9 Å². The van der Waals surface area contributed by atoms with Crippen molar-refractivity contribution in [2.75, 3.05) is 28.4 Å². The summed E-state index contributed by atoms with van der Waals surface area (Å²) in [6, 6.07) is 90.9. The zero-order valence-corrected chi connectivity index (χ0v) is 41.9. The molecule has 11 rings (SSSR count). The van der Waals surface area contributed by atoms with E-state index in [9.17, 15) is 0 Å². The Morgan fingerprint density at radius 3 is 0.581 bits per heavy atom. The van der Waals surface area contributed by atoms with Gasteiger partial charge in [-0.05, 0) is 172 Å². The standard InChI is InChI=1S/C70H54O4/c1-71-57-37-29-53(30-38-57)67-61(47-17-9-5-10-18-47)45-63(65(51-21-13-7-14-22-51)69(67)55-33-41-59(73-3)42-34-55)49-25-27-50(28-26-49)64-46-62(48-19-11-6-12-20-48)68(54-31-39-58(72-2)40-32-54)70(56-35-43-60(74-4)44-36-56)66(64)52-23-15-8-16-24-52/h5-46H,1-4H3. The monoisotopic (exact) mass is 958 g/mol. The quantitative estimate of drug-likeness (QED) is 0.109. The molecule has 4 heteroatoms. The molecule has 0 radical (unpaired) electrons. The Morgan fingerprint density at radius 1 is 0.176 bits per heavy atom. The second-order valence-electron chi connectivity index (χ2n) is 18.1. The highest BCUT2D eigenvalue weighted by Crippen LogP contribution is 2.53. The SMILES string of the molecule is COc1ccc(-c2c(-c3ccccc3)cc(-c3ccc(-c4cc(-c5ccccc5)c(-c5ccc(OC)cc5)c(-c5ccc(OC)cc5)c4-c4ccccc4)cc3)c(-c3ccccc3)c2-c2ccc(OC)cc2)cc1. The van der Waals surface area contributed by atoms with E-state index in [-0.39, 0.29) is 0 Å². The van der Waals surface area contributed by atoms with Crippen molar-refractivity contribution >= 4 is 0 Å². The van der Waals surface area contributed by atoms with E-state index in [4.69, 9.17) is 18.9 Å². The predicted octanol–water partition coefficient (Wildman–Crippen LogP) is 18.4. The minimum absolute atomic E-state index is 0.800. The van der Waals surface area contributed by atoms with Gasteiger partial charge in [-0.2, -0.15) is 0 Å². The van der Waals surface area contributed by atoms with E-state index in [1.54, 1.807) is 28.4 Å². The third-order valence-electron chi connectivity index (χ3n) is 14.0. The molecule has 358 valence electrons. The Morgan fingerprint density at radius 2 is 0.351 bits per heavy atom. The average molecular weight is 959 g/mol. The van der Waals surface area contributed by atoms with Crippen molar-refractivity contribution in [3.63, 3.8) is 0 Å². The maximum atomic E-state index is 5.72. The summed E-state index contributed by atoms with van der Waals surface area (Å²) in [5.74, 6) is 3.21. The lowest BCUT2D eigenvalue weighted by atomic mass is 9.78. The molecule has 0 saturated carbocycles. The molecular formula is C70H54O4. The molecule has 0 heterocycles. The van der Waals surface area contributed by atoms with Crippen LogP contribution in [0.4, 0.5) is 0 Å². The molecule has 4 nitrogen and oxygen atoms in total. The van der Waals surface area contributed by atoms with Gasteiger partial charge >= 0.3 is 0 Å². The van der Waals surface area contributed by atoms with Crippen molar-refractivity contribution in [3.8, 4) is 134 Å². The van der Waals surface area contributed by atoms with Crippen LogP contribution in [0.2, 0.25) is 0 Å². The third kappa shape index (κ3) is 9.22. The Balaban J connectivity index is 1.21. The molecule has 0 unspecified atom stereocenters. The molecular weight excluding hydrogens is 905 g/mol. The molecule has 0 saturated heterocycles. The fourth-order valence-electron chi connectivity index (χ4n) is 10.4. The molecule has 11 aromatic carbocycles. The lowest BCUT2D eigenvalue weighted by Gasteiger charge is -2.25. The van der Waals surface area contributed by atoms with Gasteiger partial charge in [0.2, 0.25) is 0 Å². The number of rotatable bonds is 14. The van der Waals surface area contributed by atoms with Crippen LogP contribution >= 0.6 is 0 Å². The average Bonchev–Trinajstić information content (AvgIpc) is 3.50. The van der Waals surface area contributed by atoms with Gasteiger partial charge in [-0.1, -0.05) is 194 Å². The van der Waals surface area contributed by atoms with Crippen LogP contribution in [-0.4, -0.2) is 28.4 Å². The van der Waals surface area contributed by atoms with Crippen molar-refractivity contribution in [2.45, 2.75) is 0 Å². The highest BCUT2D eigenvalue weighted by atomic mass is 16.5. The third-order valence-corrected chi connectivity index (χ3v) is 14.0. The van der Waals surface area contributed by atoms with Gasteiger partial charge in [0, 0.05) is 0 Å². The highest BCUT2D eigenvalue weighted by molar-refractivity contribution is 6.09. The van der Waals surface area contributed by atoms with Crippen LogP contribution in [0.5, 0.6) is 23.0 Å². The van der Waals surface area contributed by atoms with E-state index in [2.05, 4.69) is 231 Å². The smallest absolute Gasteiger partial charge is 0.118 e. The molecule has 0 aromatic heterocycles. The molecule has 0 atom stereocenters. The molecule has 74 heavy (non-hydrogen) atoms. The Labute approximate surface area is 434 Å². The summed E-state index contributed by atoms with van der Waals surface area (Å²) in [4.78, 5) is 0. The van der Waals surface area contributed by atoms with Crippen molar-refractivity contribution in [3.05, 3.63) is 255 Å². The van der Waals surface area contributed by atoms with Crippen LogP contribution < -0.4 is 18.9 Å². The summed E-state index contributed by atoms with van der Waals surface area (Å²) in [5.41, 5.74) is 22.3. The van der Waals surface area contributed by atoms with Crippen molar-refractivity contribution in [1.82, 2.24) is 0 Å². The number of hydrogen-bond donors (Lipinski definition) is 0. The first kappa shape index (κ1) is 47.0. The molecule has 0 aliphatic rings. The number of ether oxygens (including phenoxy) is 4. The van der Waals surface area contributed by atoms with Gasteiger partial charge in [0.25, 0.3) is 0 Å². The summed E-state index contributed by atoms with van der Waals surface area (Å²) in [7, 11) is 6.85. The Hall–Kier alpha value is -9.38. The molecule has 0 aliphatic carbocycles. The lowest BCUT2D eigenvalue weighted by molar-refractivity contribution is 0.414. The number of benzene rings is 11. The van der Waals surface area contributed by atoms with Crippen LogP contribution in [-0.2, 0) is 0 Å². The van der Waals surface area contributed by atoms with E-state index < -0.39 is 0 Å². The zero-order valence-electron chi connectivity index (χ0n) is 41.9. The van der Waals surface area contributed by atoms with Crippen LogP contribution in [0.1, 0.15) is 0 Å². The molecule has 0 aliphatic heterocycles. The highest BCUT2D eigenvalue weighted by Gasteiger charge is 2.27. The zero-order chi connectivity index (χ0) is 50.4. The molecule has 0 spiro atoms. The van der Waals surface area contributed by atoms with Gasteiger partial charge in [0.1, 0.15) is 23.0 Å². The minimum Gasteiger partial charge on any atom is -0.497 e. The van der Waals surface area contributed by atoms with E-state index in [0.29, 0.717) is 0 Å². The maximum absolute atomic E-state index is 5.72. The largest absolute Gasteiger partial charge is 0.497 e. The van der Waals surface area contributed by atoms with Gasteiger partial charge in [0.15, 0.2) is 0 Å². The Bertz CT molecular complexity index is 3420.